The first kappa shape index (κ1) is 34.1. The lowest BCUT2D eigenvalue weighted by molar-refractivity contribution is 1.31. The molecule has 3 nitrogen and oxygen atoms in total. The molecule has 0 N–H and O–H groups in total. The van der Waals surface area contributed by atoms with Crippen LogP contribution >= 0.6 is 20.7 Å². The van der Waals surface area contributed by atoms with Gasteiger partial charge in [0.2, 0.25) is 0 Å². The average Bonchev–Trinajstić information content (AvgIpc) is 3.67. The standard InChI is InChI=1S/C55H34IN3/c1-3-13-35(14-4-1)37-23-27-40(28-24-37)53-56-55(58-54(57-53)41-29-25-38(26-30-41)36-15-5-2-6-16-36)59-48-33-31-39-17-7-8-18-42(39)51(48)52-49(59)34-32-47-45-21-10-9-19-43(45)44-20-11-12-22-46(44)50(47)52/h1-34H. The number of aliphatic imine (C=N–C) groups is 2. The third-order valence-electron chi connectivity index (χ3n) is 11.8. The van der Waals surface area contributed by atoms with E-state index in [1.54, 1.807) is 0 Å². The molecule has 0 bridgehead atoms. The summed E-state index contributed by atoms with van der Waals surface area (Å²) < 4.78 is 4.63. The van der Waals surface area contributed by atoms with Crippen molar-refractivity contribution < 1.29 is 0 Å². The van der Waals surface area contributed by atoms with Gasteiger partial charge in [-0.05, 0) is 92.8 Å². The summed E-state index contributed by atoms with van der Waals surface area (Å²) in [5.74, 6) is 0.737. The Kier molecular flexibility index (Phi) is 7.98. The minimum atomic E-state index is -0.836. The number of aromatic nitrogens is 1. The molecule has 0 amide bonds. The molecular formula is C55H34IN3. The van der Waals surface area contributed by atoms with E-state index in [2.05, 4.69) is 211 Å². The van der Waals surface area contributed by atoms with E-state index in [-0.39, 0.29) is 0 Å². The Hall–Kier alpha value is -7.02. The van der Waals surface area contributed by atoms with Gasteiger partial charge in [-0.3, -0.25) is 4.57 Å². The van der Waals surface area contributed by atoms with Gasteiger partial charge >= 0.3 is 0 Å². The summed E-state index contributed by atoms with van der Waals surface area (Å²) in [7, 11) is 0. The second kappa shape index (κ2) is 13.8. The molecule has 1 aliphatic heterocycles. The highest BCUT2D eigenvalue weighted by Gasteiger charge is 2.24. The van der Waals surface area contributed by atoms with E-state index in [4.69, 9.17) is 9.98 Å². The van der Waals surface area contributed by atoms with E-state index in [1.807, 2.05) is 0 Å². The Morgan fingerprint density at radius 1 is 0.305 bits per heavy atom. The summed E-state index contributed by atoms with van der Waals surface area (Å²) in [6.45, 7) is 0. The molecule has 0 atom stereocenters. The molecule has 0 fully saturated rings. The lowest BCUT2D eigenvalue weighted by atomic mass is 9.91. The highest BCUT2D eigenvalue weighted by molar-refractivity contribution is 14.2. The van der Waals surface area contributed by atoms with Crippen LogP contribution in [0.2, 0.25) is 0 Å². The predicted octanol–water partition coefficient (Wildman–Crippen LogP) is 14.6. The van der Waals surface area contributed by atoms with Gasteiger partial charge in [0.1, 0.15) is 3.63 Å². The first-order chi connectivity index (χ1) is 29.3. The zero-order valence-electron chi connectivity index (χ0n) is 31.8. The number of nitrogens with zero attached hydrogens (tertiary/aromatic N) is 3. The molecule has 2 heterocycles. The van der Waals surface area contributed by atoms with Crippen LogP contribution in [0.1, 0.15) is 11.1 Å². The number of hydrogen-bond acceptors (Lipinski definition) is 2. The first-order valence-corrected chi connectivity index (χ1v) is 22.1. The van der Waals surface area contributed by atoms with Gasteiger partial charge in [0.15, 0.2) is 9.68 Å². The molecule has 12 rings (SSSR count). The zero-order chi connectivity index (χ0) is 38.9. The number of rotatable bonds is 4. The van der Waals surface area contributed by atoms with Crippen LogP contribution in [-0.2, 0) is 0 Å². The maximum atomic E-state index is 5.57. The van der Waals surface area contributed by atoms with Crippen molar-refractivity contribution in [1.82, 2.24) is 4.57 Å². The molecule has 4 heteroatoms. The molecule has 276 valence electrons. The Bertz CT molecular complexity index is 3440. The Balaban J connectivity index is 1.14. The molecule has 1 aromatic heterocycles. The molecule has 10 aromatic carbocycles. The molecule has 1 aliphatic rings. The quantitative estimate of drug-likeness (QED) is 0.125. The zero-order valence-corrected chi connectivity index (χ0v) is 34.0. The molecule has 0 spiro atoms. The molecule has 0 aliphatic carbocycles. The van der Waals surface area contributed by atoms with Crippen LogP contribution in [0.3, 0.4) is 0 Å². The van der Waals surface area contributed by atoms with Gasteiger partial charge < -0.3 is 0 Å². The third kappa shape index (κ3) is 5.59. The van der Waals surface area contributed by atoms with Crippen molar-refractivity contribution >= 4 is 98.9 Å². The smallest absolute Gasteiger partial charge is 0.174 e. The van der Waals surface area contributed by atoms with Crippen molar-refractivity contribution in [1.29, 1.82) is 0 Å². The second-order valence-corrected chi connectivity index (χ2v) is 17.6. The summed E-state index contributed by atoms with van der Waals surface area (Å²) in [4.78, 5) is 11.0. The van der Waals surface area contributed by atoms with Crippen molar-refractivity contribution in [3.05, 3.63) is 217 Å². The highest BCUT2D eigenvalue weighted by atomic mass is 127. The fourth-order valence-corrected chi connectivity index (χ4v) is 11.6. The number of fused-ring (bicyclic) bond motifs is 12. The second-order valence-electron chi connectivity index (χ2n) is 15.1. The minimum Gasteiger partial charge on any atom is -0.289 e. The van der Waals surface area contributed by atoms with Gasteiger partial charge in [-0.25, -0.2) is 9.98 Å². The number of hydrogen-bond donors (Lipinski definition) is 0. The molecule has 59 heavy (non-hydrogen) atoms. The van der Waals surface area contributed by atoms with Crippen LogP contribution in [-0.4, -0.2) is 17.9 Å². The van der Waals surface area contributed by atoms with E-state index in [1.165, 1.54) is 87.1 Å². The molecule has 0 saturated carbocycles. The molecule has 0 unspecified atom stereocenters. The van der Waals surface area contributed by atoms with Crippen LogP contribution in [0.5, 0.6) is 0 Å². The Labute approximate surface area is 351 Å². The maximum Gasteiger partial charge on any atom is 0.174 e. The van der Waals surface area contributed by atoms with Gasteiger partial charge in [0.05, 0.1) is 11.0 Å². The summed E-state index contributed by atoms with van der Waals surface area (Å²) in [5, 5.41) is 12.7. The van der Waals surface area contributed by atoms with Crippen molar-refractivity contribution in [2.45, 2.75) is 0 Å². The molecule has 0 radical (unpaired) electrons. The average molecular weight is 864 g/mol. The number of amidine groups is 1. The van der Waals surface area contributed by atoms with Gasteiger partial charge in [-0.2, -0.15) is 0 Å². The lowest BCUT2D eigenvalue weighted by Crippen LogP contribution is -2.15. The maximum absolute atomic E-state index is 5.57. The van der Waals surface area contributed by atoms with Crippen LogP contribution in [0.15, 0.2) is 216 Å². The van der Waals surface area contributed by atoms with Gasteiger partial charge in [-0.15, -0.1) is 0 Å². The number of benzene rings is 10. The van der Waals surface area contributed by atoms with Gasteiger partial charge in [0, 0.05) is 27.3 Å². The van der Waals surface area contributed by atoms with E-state index >= 15 is 0 Å². The van der Waals surface area contributed by atoms with Crippen molar-refractivity contribution in [3.8, 4) is 22.3 Å². The van der Waals surface area contributed by atoms with E-state index < -0.39 is 20.7 Å². The largest absolute Gasteiger partial charge is 0.289 e. The van der Waals surface area contributed by atoms with Crippen molar-refractivity contribution in [2.75, 3.05) is 0 Å². The summed E-state index contributed by atoms with van der Waals surface area (Å²) >= 11 is -0.836. The Morgan fingerprint density at radius 2 is 0.763 bits per heavy atom. The minimum absolute atomic E-state index is 0.737. The van der Waals surface area contributed by atoms with Crippen LogP contribution in [0, 0.1) is 0 Å². The Morgan fingerprint density at radius 3 is 1.41 bits per heavy atom. The first-order valence-electron chi connectivity index (χ1n) is 20.0. The van der Waals surface area contributed by atoms with E-state index in [0.29, 0.717) is 0 Å². The fourth-order valence-electron chi connectivity index (χ4n) is 9.00. The predicted molar refractivity (Wildman–Crippen MR) is 261 cm³/mol. The summed E-state index contributed by atoms with van der Waals surface area (Å²) in [6, 6.07) is 74.7. The molecule has 11 aromatic rings. The third-order valence-corrected chi connectivity index (χ3v) is 14.3. The molecular weight excluding hydrogens is 830 g/mol. The van der Waals surface area contributed by atoms with Gasteiger partial charge in [0.25, 0.3) is 0 Å². The van der Waals surface area contributed by atoms with Crippen LogP contribution in [0.4, 0.5) is 0 Å². The normalized spacial score (nSPS) is 13.2. The van der Waals surface area contributed by atoms with E-state index in [9.17, 15) is 0 Å². The summed E-state index contributed by atoms with van der Waals surface area (Å²) in [5.41, 5.74) is 9.23. The van der Waals surface area contributed by atoms with Crippen molar-refractivity contribution in [3.63, 3.8) is 0 Å². The van der Waals surface area contributed by atoms with Crippen LogP contribution < -0.4 is 0 Å². The summed E-state index contributed by atoms with van der Waals surface area (Å²) in [6.07, 6.45) is 0. The molecule has 0 saturated heterocycles. The lowest BCUT2D eigenvalue weighted by Gasteiger charge is -2.16. The van der Waals surface area contributed by atoms with E-state index in [0.717, 1.165) is 24.4 Å². The van der Waals surface area contributed by atoms with Gasteiger partial charge in [-0.1, -0.05) is 194 Å². The topological polar surface area (TPSA) is 29.6 Å². The van der Waals surface area contributed by atoms with Crippen molar-refractivity contribution in [2.24, 2.45) is 9.98 Å². The SMILES string of the molecule is c1ccc(-c2ccc(C3=NC(c4ccc(-c5ccccc5)cc4)=IC(n4c5ccc6ccccc6c5c5c6c7ccccc7c7ccccc7c6ccc54)=N3)cc2)cc1. The fraction of sp³-hybridized carbons (Fsp3) is 0. The number of halogens is 1. The monoisotopic (exact) mass is 863 g/mol. The van der Waals surface area contributed by atoms with Crippen LogP contribution in [0.25, 0.3) is 87.1 Å². The highest BCUT2D eigenvalue weighted by Crippen LogP contribution is 2.45.